The molecule has 0 bridgehead atoms. The lowest BCUT2D eigenvalue weighted by Gasteiger charge is -1.98. The van der Waals surface area contributed by atoms with Gasteiger partial charge in [-0.15, -0.1) is 0 Å². The molecule has 0 unspecified atom stereocenters. The van der Waals surface area contributed by atoms with Crippen molar-refractivity contribution in [2.45, 2.75) is 0 Å². The van der Waals surface area contributed by atoms with Crippen LogP contribution < -0.4 is 5.32 Å². The first-order valence-corrected chi connectivity index (χ1v) is 6.15. The summed E-state index contributed by atoms with van der Waals surface area (Å²) in [6.07, 6.45) is 5.21. The number of fused-ring (bicyclic) bond motifs is 1. The number of carbonyl (C=O) groups excluding carboxylic acids is 1. The normalized spacial score (nSPS) is 17.6. The molecule has 5 heteroatoms. The van der Waals surface area contributed by atoms with Crippen molar-refractivity contribution in [1.82, 2.24) is 15.3 Å². The van der Waals surface area contributed by atoms with E-state index < -0.39 is 0 Å². The molecule has 1 aliphatic heterocycles. The highest BCUT2D eigenvalue weighted by Crippen LogP contribution is 2.24. The molecule has 0 saturated carbocycles. The lowest BCUT2D eigenvalue weighted by molar-refractivity contribution is -0.116. The van der Waals surface area contributed by atoms with Crippen molar-refractivity contribution >= 4 is 34.8 Å². The number of hydrogen-bond acceptors (Lipinski definition) is 4. The number of hydrogen-bond donors (Lipinski definition) is 1. The number of rotatable bonds is 1. The van der Waals surface area contributed by atoms with E-state index in [4.69, 9.17) is 0 Å². The van der Waals surface area contributed by atoms with Crippen molar-refractivity contribution in [3.05, 3.63) is 41.1 Å². The Labute approximate surface area is 102 Å². The van der Waals surface area contributed by atoms with E-state index in [0.717, 1.165) is 21.5 Å². The van der Waals surface area contributed by atoms with Gasteiger partial charge in [-0.05, 0) is 23.8 Å². The fourth-order valence-electron chi connectivity index (χ4n) is 1.66. The van der Waals surface area contributed by atoms with Gasteiger partial charge in [0, 0.05) is 12.4 Å². The minimum Gasteiger partial charge on any atom is -0.342 e. The Kier molecular flexibility index (Phi) is 2.53. The molecule has 1 aromatic heterocycles. The van der Waals surface area contributed by atoms with Gasteiger partial charge in [-0.2, -0.15) is 0 Å². The fraction of sp³-hybridized carbons (Fsp3) is 0.0833. The van der Waals surface area contributed by atoms with Crippen LogP contribution in [-0.2, 0) is 4.79 Å². The van der Waals surface area contributed by atoms with Crippen LogP contribution in [0.4, 0.5) is 0 Å². The smallest absolute Gasteiger partial charge is 0.258 e. The Bertz CT molecular complexity index is 624. The largest absolute Gasteiger partial charge is 0.342 e. The van der Waals surface area contributed by atoms with Gasteiger partial charge in [-0.1, -0.05) is 17.8 Å². The highest BCUT2D eigenvalue weighted by molar-refractivity contribution is 8.04. The monoisotopic (exact) mass is 243 g/mol. The summed E-state index contributed by atoms with van der Waals surface area (Å²) >= 11 is 1.52. The zero-order valence-electron chi connectivity index (χ0n) is 8.88. The third-order valence-electron chi connectivity index (χ3n) is 2.48. The maximum absolute atomic E-state index is 11.4. The van der Waals surface area contributed by atoms with E-state index in [9.17, 15) is 4.79 Å². The molecular formula is C12H9N3OS. The van der Waals surface area contributed by atoms with Crippen LogP contribution in [0.1, 0.15) is 5.56 Å². The average molecular weight is 243 g/mol. The lowest BCUT2D eigenvalue weighted by atomic mass is 10.2. The lowest BCUT2D eigenvalue weighted by Crippen LogP contribution is -2.13. The first kappa shape index (κ1) is 10.3. The molecule has 1 aliphatic rings. The molecule has 0 spiro atoms. The molecule has 0 aliphatic carbocycles. The van der Waals surface area contributed by atoms with E-state index >= 15 is 0 Å². The Morgan fingerprint density at radius 2 is 2.06 bits per heavy atom. The topological polar surface area (TPSA) is 54.9 Å². The van der Waals surface area contributed by atoms with Gasteiger partial charge in [0.05, 0.1) is 21.8 Å². The van der Waals surface area contributed by atoms with Gasteiger partial charge in [0.1, 0.15) is 0 Å². The molecule has 0 atom stereocenters. The maximum Gasteiger partial charge on any atom is 0.258 e. The number of thioether (sulfide) groups is 1. The zero-order valence-corrected chi connectivity index (χ0v) is 9.70. The van der Waals surface area contributed by atoms with Gasteiger partial charge in [0.15, 0.2) is 0 Å². The van der Waals surface area contributed by atoms with Gasteiger partial charge in [-0.25, -0.2) is 0 Å². The molecule has 84 valence electrons. The molecule has 17 heavy (non-hydrogen) atoms. The van der Waals surface area contributed by atoms with Gasteiger partial charge in [-0.3, -0.25) is 14.8 Å². The molecule has 4 nitrogen and oxygen atoms in total. The van der Waals surface area contributed by atoms with Crippen molar-refractivity contribution in [2.24, 2.45) is 0 Å². The molecule has 1 amide bonds. The van der Waals surface area contributed by atoms with Crippen molar-refractivity contribution in [2.75, 3.05) is 5.88 Å². The summed E-state index contributed by atoms with van der Waals surface area (Å²) in [7, 11) is 0. The third kappa shape index (κ3) is 2.01. The standard InChI is InChI=1S/C12H9N3OS/c16-12-11(17-7-15-12)6-8-1-2-9-10(5-8)14-4-3-13-9/h1-6H,7H2,(H,15,16). The number of aromatic nitrogens is 2. The highest BCUT2D eigenvalue weighted by Gasteiger charge is 2.16. The maximum atomic E-state index is 11.4. The Morgan fingerprint density at radius 1 is 1.24 bits per heavy atom. The van der Waals surface area contributed by atoms with Crippen LogP contribution in [0.25, 0.3) is 17.1 Å². The average Bonchev–Trinajstić information content (AvgIpc) is 2.75. The SMILES string of the molecule is O=C1NCSC1=Cc1ccc2nccnc2c1. The highest BCUT2D eigenvalue weighted by atomic mass is 32.2. The molecule has 1 fully saturated rings. The minimum absolute atomic E-state index is 0.00533. The number of benzene rings is 1. The molecule has 2 aromatic rings. The van der Waals surface area contributed by atoms with E-state index in [-0.39, 0.29) is 5.91 Å². The van der Waals surface area contributed by atoms with Crippen LogP contribution in [0.2, 0.25) is 0 Å². The predicted molar refractivity (Wildman–Crippen MR) is 68.1 cm³/mol. The van der Waals surface area contributed by atoms with Crippen molar-refractivity contribution < 1.29 is 4.79 Å². The van der Waals surface area contributed by atoms with Gasteiger partial charge >= 0.3 is 0 Å². The summed E-state index contributed by atoms with van der Waals surface area (Å²) in [5.74, 6) is 0.646. The van der Waals surface area contributed by atoms with Crippen LogP contribution in [-0.4, -0.2) is 21.8 Å². The Hall–Kier alpha value is -1.88. The summed E-state index contributed by atoms with van der Waals surface area (Å²) < 4.78 is 0. The number of nitrogens with one attached hydrogen (secondary N) is 1. The second-order valence-electron chi connectivity index (χ2n) is 3.61. The van der Waals surface area contributed by atoms with E-state index in [1.807, 2.05) is 24.3 Å². The summed E-state index contributed by atoms with van der Waals surface area (Å²) in [5.41, 5.74) is 2.67. The molecule has 1 N–H and O–H groups in total. The summed E-state index contributed by atoms with van der Waals surface area (Å²) in [6.45, 7) is 0. The molecule has 1 aromatic carbocycles. The quantitative estimate of drug-likeness (QED) is 0.776. The van der Waals surface area contributed by atoms with E-state index in [2.05, 4.69) is 15.3 Å². The predicted octanol–water partition coefficient (Wildman–Crippen LogP) is 1.79. The minimum atomic E-state index is -0.00533. The van der Waals surface area contributed by atoms with Gasteiger partial charge < -0.3 is 5.32 Å². The zero-order chi connectivity index (χ0) is 11.7. The van der Waals surface area contributed by atoms with E-state index in [1.165, 1.54) is 11.8 Å². The summed E-state index contributed by atoms with van der Waals surface area (Å²) in [5, 5.41) is 2.75. The second-order valence-corrected chi connectivity index (χ2v) is 4.62. The van der Waals surface area contributed by atoms with E-state index in [1.54, 1.807) is 12.4 Å². The van der Waals surface area contributed by atoms with Gasteiger partial charge in [0.2, 0.25) is 0 Å². The van der Waals surface area contributed by atoms with Crippen LogP contribution in [0, 0.1) is 0 Å². The number of carbonyl (C=O) groups is 1. The summed E-state index contributed by atoms with van der Waals surface area (Å²) in [6, 6.07) is 5.78. The number of amides is 1. The van der Waals surface area contributed by atoms with Crippen molar-refractivity contribution in [3.63, 3.8) is 0 Å². The van der Waals surface area contributed by atoms with Crippen LogP contribution in [0.5, 0.6) is 0 Å². The van der Waals surface area contributed by atoms with E-state index in [0.29, 0.717) is 5.88 Å². The first-order valence-electron chi connectivity index (χ1n) is 5.16. The van der Waals surface area contributed by atoms with Crippen molar-refractivity contribution in [1.29, 1.82) is 0 Å². The van der Waals surface area contributed by atoms with Crippen LogP contribution in [0.15, 0.2) is 35.5 Å². The number of nitrogens with zero attached hydrogens (tertiary/aromatic N) is 2. The second kappa shape index (κ2) is 4.18. The molecular weight excluding hydrogens is 234 g/mol. The molecule has 2 heterocycles. The fourth-order valence-corrected chi connectivity index (χ4v) is 2.44. The third-order valence-corrected chi connectivity index (χ3v) is 3.38. The van der Waals surface area contributed by atoms with Gasteiger partial charge in [0.25, 0.3) is 5.91 Å². The van der Waals surface area contributed by atoms with Crippen molar-refractivity contribution in [3.8, 4) is 0 Å². The first-order chi connectivity index (χ1) is 8.33. The van der Waals surface area contributed by atoms with Crippen LogP contribution in [0.3, 0.4) is 0 Å². The summed E-state index contributed by atoms with van der Waals surface area (Å²) in [4.78, 5) is 20.6. The molecule has 3 rings (SSSR count). The Morgan fingerprint density at radius 3 is 2.82 bits per heavy atom. The molecule has 0 radical (unpaired) electrons. The van der Waals surface area contributed by atoms with Crippen LogP contribution >= 0.6 is 11.8 Å². The Balaban J connectivity index is 2.04. The molecule has 1 saturated heterocycles.